The smallest absolute Gasteiger partial charge is 0.229 e. The minimum absolute atomic E-state index is 0. The van der Waals surface area contributed by atoms with Crippen LogP contribution in [0.4, 0.5) is 5.13 Å². The van der Waals surface area contributed by atoms with Crippen LogP contribution in [0.15, 0.2) is 48.5 Å². The predicted molar refractivity (Wildman–Crippen MR) is 122 cm³/mol. The van der Waals surface area contributed by atoms with Crippen LogP contribution in [0.3, 0.4) is 0 Å². The quantitative estimate of drug-likeness (QED) is 0.520. The second-order valence-corrected chi connectivity index (χ2v) is 8.11. The van der Waals surface area contributed by atoms with E-state index in [1.807, 2.05) is 29.2 Å². The number of thiazole rings is 1. The van der Waals surface area contributed by atoms with Crippen molar-refractivity contribution in [1.82, 2.24) is 9.88 Å². The zero-order chi connectivity index (χ0) is 19.2. The summed E-state index contributed by atoms with van der Waals surface area (Å²) in [5, 5.41) is 0.816. The van der Waals surface area contributed by atoms with Gasteiger partial charge < -0.3 is 4.90 Å². The van der Waals surface area contributed by atoms with Crippen LogP contribution < -0.4 is 4.90 Å². The van der Waals surface area contributed by atoms with Gasteiger partial charge in [-0.1, -0.05) is 53.8 Å². The van der Waals surface area contributed by atoms with Gasteiger partial charge in [-0.25, -0.2) is 4.98 Å². The Kier molecular flexibility index (Phi) is 8.42. The highest BCUT2D eigenvalue weighted by Crippen LogP contribution is 2.31. The summed E-state index contributed by atoms with van der Waals surface area (Å²) in [6.45, 7) is 3.72. The lowest BCUT2D eigenvalue weighted by Crippen LogP contribution is -2.33. The largest absolute Gasteiger partial charge is 0.309 e. The highest BCUT2D eigenvalue weighted by atomic mass is 35.5. The van der Waals surface area contributed by atoms with Gasteiger partial charge >= 0.3 is 0 Å². The number of aryl methyl sites for hydroxylation is 2. The molecule has 3 rings (SSSR count). The Morgan fingerprint density at radius 3 is 2.46 bits per heavy atom. The molecule has 0 spiro atoms. The van der Waals surface area contributed by atoms with Gasteiger partial charge in [0.1, 0.15) is 0 Å². The molecule has 0 saturated carbocycles. The summed E-state index contributed by atoms with van der Waals surface area (Å²) in [5.74, 6) is 0.148. The van der Waals surface area contributed by atoms with Gasteiger partial charge in [0, 0.05) is 13.0 Å². The number of rotatable bonds is 8. The first kappa shape index (κ1) is 22.3. The molecule has 150 valence electrons. The summed E-state index contributed by atoms with van der Waals surface area (Å²) >= 11 is 1.61. The van der Waals surface area contributed by atoms with Crippen LogP contribution in [-0.2, 0) is 11.2 Å². The molecule has 0 saturated heterocycles. The lowest BCUT2D eigenvalue weighted by Gasteiger charge is -2.21. The number of amides is 1. The van der Waals surface area contributed by atoms with Crippen molar-refractivity contribution in [1.29, 1.82) is 0 Å². The number of aromatic nitrogens is 1. The van der Waals surface area contributed by atoms with E-state index in [0.717, 1.165) is 40.3 Å². The first-order valence-corrected chi connectivity index (χ1v) is 10.2. The summed E-state index contributed by atoms with van der Waals surface area (Å²) in [6.07, 6.45) is 2.19. The number of carbonyl (C=O) groups is 1. The van der Waals surface area contributed by atoms with Crippen molar-refractivity contribution in [3.8, 4) is 0 Å². The highest BCUT2D eigenvalue weighted by Gasteiger charge is 2.20. The van der Waals surface area contributed by atoms with Gasteiger partial charge in [0.05, 0.1) is 10.2 Å². The number of hydrogen-bond donors (Lipinski definition) is 0. The zero-order valence-corrected chi connectivity index (χ0v) is 18.4. The van der Waals surface area contributed by atoms with Crippen LogP contribution >= 0.6 is 23.7 Å². The lowest BCUT2D eigenvalue weighted by atomic mass is 10.1. The molecule has 2 aromatic carbocycles. The van der Waals surface area contributed by atoms with Gasteiger partial charge in [0.15, 0.2) is 5.13 Å². The summed E-state index contributed by atoms with van der Waals surface area (Å²) in [4.78, 5) is 21.9. The maximum atomic E-state index is 13.0. The molecule has 0 N–H and O–H groups in total. The Labute approximate surface area is 177 Å². The summed E-state index contributed by atoms with van der Waals surface area (Å²) in [7, 11) is 4.12. The minimum Gasteiger partial charge on any atom is -0.309 e. The van der Waals surface area contributed by atoms with E-state index in [4.69, 9.17) is 4.98 Å². The van der Waals surface area contributed by atoms with Crippen LogP contribution in [0, 0.1) is 6.92 Å². The molecule has 0 unspecified atom stereocenters. The second-order valence-electron chi connectivity index (χ2n) is 7.11. The van der Waals surface area contributed by atoms with Crippen molar-refractivity contribution >= 4 is 45.0 Å². The van der Waals surface area contributed by atoms with Crippen molar-refractivity contribution in [2.75, 3.05) is 32.1 Å². The van der Waals surface area contributed by atoms with Crippen LogP contribution in [0.5, 0.6) is 0 Å². The summed E-state index contributed by atoms with van der Waals surface area (Å²) < 4.78 is 1.14. The Bertz CT molecular complexity index is 895. The van der Waals surface area contributed by atoms with Crippen LogP contribution in [-0.4, -0.2) is 43.0 Å². The number of anilines is 1. The number of halogens is 1. The molecule has 0 aliphatic carbocycles. The van der Waals surface area contributed by atoms with E-state index in [-0.39, 0.29) is 18.3 Å². The predicted octanol–water partition coefficient (Wildman–Crippen LogP) is 4.94. The van der Waals surface area contributed by atoms with Gasteiger partial charge in [-0.2, -0.15) is 0 Å². The average molecular weight is 418 g/mol. The van der Waals surface area contributed by atoms with E-state index in [1.165, 1.54) is 5.56 Å². The molecule has 0 radical (unpaired) electrons. The molecule has 28 heavy (non-hydrogen) atoms. The fourth-order valence-electron chi connectivity index (χ4n) is 3.09. The number of nitrogens with zero attached hydrogens (tertiary/aromatic N) is 3. The SMILES string of the molecule is Cc1cccc2sc(N(CCCN(C)C)C(=O)CCc3ccccc3)nc12.Cl. The Morgan fingerprint density at radius 2 is 1.79 bits per heavy atom. The fourth-order valence-corrected chi connectivity index (χ4v) is 4.18. The van der Waals surface area contributed by atoms with Gasteiger partial charge in [-0.15, -0.1) is 12.4 Å². The number of benzene rings is 2. The topological polar surface area (TPSA) is 36.4 Å². The van der Waals surface area contributed by atoms with E-state index >= 15 is 0 Å². The first-order chi connectivity index (χ1) is 13.0. The fraction of sp³-hybridized carbons (Fsp3) is 0.364. The molecular formula is C22H28ClN3OS. The highest BCUT2D eigenvalue weighted by molar-refractivity contribution is 7.22. The number of para-hydroxylation sites is 1. The standard InChI is InChI=1S/C22H27N3OS.ClH/c1-17-9-7-12-19-21(17)23-22(27-19)25(16-8-15-24(2)3)20(26)14-13-18-10-5-4-6-11-18;/h4-7,9-12H,8,13-16H2,1-3H3;1H. The zero-order valence-electron chi connectivity index (χ0n) is 16.7. The number of carbonyl (C=O) groups excluding carboxylic acids is 1. The monoisotopic (exact) mass is 417 g/mol. The molecule has 0 aliphatic heterocycles. The Balaban J connectivity index is 0.00000280. The molecule has 3 aromatic rings. The normalized spacial score (nSPS) is 10.9. The first-order valence-electron chi connectivity index (χ1n) is 9.40. The van der Waals surface area contributed by atoms with Gasteiger partial charge in [-0.3, -0.25) is 9.69 Å². The van der Waals surface area contributed by atoms with E-state index in [1.54, 1.807) is 11.3 Å². The Hall–Kier alpha value is -1.95. The molecular weight excluding hydrogens is 390 g/mol. The maximum absolute atomic E-state index is 13.0. The molecule has 0 aliphatic rings. The maximum Gasteiger partial charge on any atom is 0.229 e. The molecule has 1 amide bonds. The van der Waals surface area contributed by atoms with E-state index in [0.29, 0.717) is 13.0 Å². The number of hydrogen-bond acceptors (Lipinski definition) is 4. The molecule has 4 nitrogen and oxygen atoms in total. The van der Waals surface area contributed by atoms with Crippen molar-refractivity contribution < 1.29 is 4.79 Å². The molecule has 0 atom stereocenters. The Morgan fingerprint density at radius 1 is 1.04 bits per heavy atom. The third-order valence-corrected chi connectivity index (χ3v) is 5.64. The average Bonchev–Trinajstić information content (AvgIpc) is 3.09. The van der Waals surface area contributed by atoms with Crippen LogP contribution in [0.2, 0.25) is 0 Å². The third kappa shape index (κ3) is 5.77. The third-order valence-electron chi connectivity index (χ3n) is 4.60. The lowest BCUT2D eigenvalue weighted by molar-refractivity contribution is -0.118. The molecule has 6 heteroatoms. The van der Waals surface area contributed by atoms with Gasteiger partial charge in [0.2, 0.25) is 5.91 Å². The van der Waals surface area contributed by atoms with Crippen molar-refractivity contribution in [3.63, 3.8) is 0 Å². The van der Waals surface area contributed by atoms with E-state index in [2.05, 4.69) is 50.2 Å². The number of fused-ring (bicyclic) bond motifs is 1. The second kappa shape index (κ2) is 10.6. The van der Waals surface area contributed by atoms with Crippen LogP contribution in [0.25, 0.3) is 10.2 Å². The van der Waals surface area contributed by atoms with Gasteiger partial charge in [0.25, 0.3) is 0 Å². The van der Waals surface area contributed by atoms with Gasteiger partial charge in [-0.05, 0) is 57.6 Å². The molecule has 0 fully saturated rings. The minimum atomic E-state index is 0. The van der Waals surface area contributed by atoms with Crippen molar-refractivity contribution in [3.05, 3.63) is 59.7 Å². The summed E-state index contributed by atoms with van der Waals surface area (Å²) in [5.41, 5.74) is 3.35. The van der Waals surface area contributed by atoms with Crippen molar-refractivity contribution in [2.45, 2.75) is 26.2 Å². The molecule has 1 aromatic heterocycles. The van der Waals surface area contributed by atoms with E-state index < -0.39 is 0 Å². The van der Waals surface area contributed by atoms with Crippen molar-refractivity contribution in [2.24, 2.45) is 0 Å². The molecule has 0 bridgehead atoms. The van der Waals surface area contributed by atoms with Crippen LogP contribution in [0.1, 0.15) is 24.0 Å². The molecule has 1 heterocycles. The van der Waals surface area contributed by atoms with E-state index in [9.17, 15) is 4.79 Å². The summed E-state index contributed by atoms with van der Waals surface area (Å²) in [6, 6.07) is 16.4.